The first kappa shape index (κ1) is 17.4. The van der Waals surface area contributed by atoms with Crippen molar-refractivity contribution in [3.8, 4) is 0 Å². The van der Waals surface area contributed by atoms with E-state index in [-0.39, 0.29) is 5.41 Å². The van der Waals surface area contributed by atoms with Crippen LogP contribution in [0.15, 0.2) is 0 Å². The zero-order valence-electron chi connectivity index (χ0n) is 13.8. The van der Waals surface area contributed by atoms with Crippen molar-refractivity contribution >= 4 is 5.91 Å². The van der Waals surface area contributed by atoms with Gasteiger partial charge in [-0.3, -0.25) is 9.69 Å². The predicted octanol–water partition coefficient (Wildman–Crippen LogP) is 2.08. The fraction of sp³-hybridized carbons (Fsp3) is 0.938. The highest BCUT2D eigenvalue weighted by Crippen LogP contribution is 2.27. The van der Waals surface area contributed by atoms with Crippen LogP contribution in [0.5, 0.6) is 0 Å². The highest BCUT2D eigenvalue weighted by molar-refractivity contribution is 5.76. The molecule has 0 aromatic heterocycles. The number of carbonyl (C=O) groups excluding carboxylic acids is 1. The summed E-state index contributed by atoms with van der Waals surface area (Å²) in [7, 11) is 0. The Labute approximate surface area is 124 Å². The minimum absolute atomic E-state index is 0.183. The lowest BCUT2D eigenvalue weighted by Crippen LogP contribution is -2.38. The summed E-state index contributed by atoms with van der Waals surface area (Å²) >= 11 is 0. The molecule has 1 atom stereocenters. The molecule has 20 heavy (non-hydrogen) atoms. The summed E-state index contributed by atoms with van der Waals surface area (Å²) in [5.74, 6) is 0.324. The van der Waals surface area contributed by atoms with Gasteiger partial charge in [0.25, 0.3) is 0 Å². The molecule has 1 heterocycles. The molecule has 0 spiro atoms. The van der Waals surface area contributed by atoms with Crippen LogP contribution in [0.1, 0.15) is 53.4 Å². The van der Waals surface area contributed by atoms with Crippen LogP contribution in [-0.4, -0.2) is 54.5 Å². The largest absolute Gasteiger partial charge is 0.341 e. The van der Waals surface area contributed by atoms with Gasteiger partial charge in [0.2, 0.25) is 5.91 Å². The first-order valence-electron chi connectivity index (χ1n) is 8.15. The van der Waals surface area contributed by atoms with Crippen LogP contribution in [0.25, 0.3) is 0 Å². The van der Waals surface area contributed by atoms with Crippen molar-refractivity contribution in [1.29, 1.82) is 0 Å². The van der Waals surface area contributed by atoms with Gasteiger partial charge < -0.3 is 10.6 Å². The summed E-state index contributed by atoms with van der Waals surface area (Å²) in [6, 6.07) is 0.561. The number of rotatable bonds is 8. The molecule has 1 saturated heterocycles. The van der Waals surface area contributed by atoms with Gasteiger partial charge in [-0.05, 0) is 44.3 Å². The zero-order valence-corrected chi connectivity index (χ0v) is 13.8. The minimum Gasteiger partial charge on any atom is -0.341 e. The van der Waals surface area contributed by atoms with Crippen molar-refractivity contribution in [3.05, 3.63) is 0 Å². The van der Waals surface area contributed by atoms with E-state index in [0.29, 0.717) is 24.9 Å². The Hall–Kier alpha value is -0.610. The molecule has 118 valence electrons. The van der Waals surface area contributed by atoms with Crippen LogP contribution >= 0.6 is 0 Å². The van der Waals surface area contributed by atoms with Gasteiger partial charge in [-0.2, -0.15) is 0 Å². The standard InChI is InChI=1S/C16H33N3O/c1-5-18(6-2)14-8-12-19(13-14)15(20)7-9-16(3,4)10-11-17/h14H,5-13,17H2,1-4H3. The van der Waals surface area contributed by atoms with Gasteiger partial charge in [-0.1, -0.05) is 27.7 Å². The highest BCUT2D eigenvalue weighted by Gasteiger charge is 2.29. The van der Waals surface area contributed by atoms with E-state index in [2.05, 4.69) is 37.5 Å². The first-order chi connectivity index (χ1) is 9.43. The lowest BCUT2D eigenvalue weighted by Gasteiger charge is -2.27. The van der Waals surface area contributed by atoms with Crippen molar-refractivity contribution < 1.29 is 4.79 Å². The molecule has 1 aliphatic heterocycles. The molecule has 1 rings (SSSR count). The van der Waals surface area contributed by atoms with Crippen molar-refractivity contribution in [2.45, 2.75) is 59.4 Å². The van der Waals surface area contributed by atoms with Gasteiger partial charge in [-0.25, -0.2) is 0 Å². The van der Waals surface area contributed by atoms with Gasteiger partial charge >= 0.3 is 0 Å². The van der Waals surface area contributed by atoms with E-state index in [1.54, 1.807) is 0 Å². The van der Waals surface area contributed by atoms with E-state index in [9.17, 15) is 4.79 Å². The maximum atomic E-state index is 12.3. The van der Waals surface area contributed by atoms with Gasteiger partial charge in [0.15, 0.2) is 0 Å². The molecule has 1 amide bonds. The predicted molar refractivity (Wildman–Crippen MR) is 84.6 cm³/mol. The maximum Gasteiger partial charge on any atom is 0.222 e. The molecule has 4 heteroatoms. The van der Waals surface area contributed by atoms with E-state index in [0.717, 1.165) is 45.4 Å². The second kappa shape index (κ2) is 7.99. The molecule has 0 radical (unpaired) electrons. The molecular formula is C16H33N3O. The molecule has 0 aliphatic carbocycles. The van der Waals surface area contributed by atoms with Crippen molar-refractivity contribution in [2.24, 2.45) is 11.1 Å². The average Bonchev–Trinajstić information content (AvgIpc) is 2.87. The van der Waals surface area contributed by atoms with Crippen LogP contribution in [0, 0.1) is 5.41 Å². The third-order valence-electron chi connectivity index (χ3n) is 4.68. The summed E-state index contributed by atoms with van der Waals surface area (Å²) in [5, 5.41) is 0. The third kappa shape index (κ3) is 5.06. The van der Waals surface area contributed by atoms with Crippen LogP contribution in [-0.2, 0) is 4.79 Å². The Morgan fingerprint density at radius 3 is 2.50 bits per heavy atom. The van der Waals surface area contributed by atoms with Crippen LogP contribution in [0.4, 0.5) is 0 Å². The minimum atomic E-state index is 0.183. The molecule has 1 aliphatic rings. The smallest absolute Gasteiger partial charge is 0.222 e. The summed E-state index contributed by atoms with van der Waals surface area (Å²) in [4.78, 5) is 16.8. The van der Waals surface area contributed by atoms with E-state index < -0.39 is 0 Å². The molecule has 0 bridgehead atoms. The summed E-state index contributed by atoms with van der Waals surface area (Å²) in [6.07, 6.45) is 3.72. The Bertz CT molecular complexity index is 300. The van der Waals surface area contributed by atoms with E-state index in [1.165, 1.54) is 0 Å². The average molecular weight is 283 g/mol. The topological polar surface area (TPSA) is 49.6 Å². The fourth-order valence-corrected chi connectivity index (χ4v) is 3.13. The van der Waals surface area contributed by atoms with E-state index >= 15 is 0 Å². The van der Waals surface area contributed by atoms with Crippen LogP contribution in [0.2, 0.25) is 0 Å². The summed E-state index contributed by atoms with van der Waals surface area (Å²) in [6.45, 7) is 13.5. The molecular weight excluding hydrogens is 250 g/mol. The van der Waals surface area contributed by atoms with Gasteiger partial charge in [0.1, 0.15) is 0 Å². The zero-order chi connectivity index (χ0) is 15.2. The maximum absolute atomic E-state index is 12.3. The molecule has 1 unspecified atom stereocenters. The Morgan fingerprint density at radius 1 is 1.30 bits per heavy atom. The van der Waals surface area contributed by atoms with Crippen LogP contribution < -0.4 is 5.73 Å². The van der Waals surface area contributed by atoms with Gasteiger partial charge in [0, 0.05) is 25.6 Å². The monoisotopic (exact) mass is 283 g/mol. The van der Waals surface area contributed by atoms with Gasteiger partial charge in [-0.15, -0.1) is 0 Å². The Morgan fingerprint density at radius 2 is 1.95 bits per heavy atom. The molecule has 4 nitrogen and oxygen atoms in total. The second-order valence-electron chi connectivity index (χ2n) is 6.71. The molecule has 2 N–H and O–H groups in total. The molecule has 0 aromatic carbocycles. The molecule has 0 saturated carbocycles. The van der Waals surface area contributed by atoms with Crippen molar-refractivity contribution in [2.75, 3.05) is 32.7 Å². The number of carbonyl (C=O) groups is 1. The number of nitrogens with two attached hydrogens (primary N) is 1. The number of hydrogen-bond donors (Lipinski definition) is 1. The van der Waals surface area contributed by atoms with E-state index in [1.807, 2.05) is 0 Å². The number of hydrogen-bond acceptors (Lipinski definition) is 3. The van der Waals surface area contributed by atoms with E-state index in [4.69, 9.17) is 5.73 Å². The molecule has 0 aromatic rings. The number of likely N-dealkylation sites (N-methyl/N-ethyl adjacent to an activating group) is 1. The third-order valence-corrected chi connectivity index (χ3v) is 4.68. The Balaban J connectivity index is 2.39. The second-order valence-corrected chi connectivity index (χ2v) is 6.71. The SMILES string of the molecule is CCN(CC)C1CCN(C(=O)CCC(C)(C)CCN)C1. The quantitative estimate of drug-likeness (QED) is 0.742. The van der Waals surface area contributed by atoms with Crippen molar-refractivity contribution in [3.63, 3.8) is 0 Å². The summed E-state index contributed by atoms with van der Waals surface area (Å²) < 4.78 is 0. The van der Waals surface area contributed by atoms with Crippen LogP contribution in [0.3, 0.4) is 0 Å². The molecule has 1 fully saturated rings. The lowest BCUT2D eigenvalue weighted by atomic mass is 9.84. The number of nitrogens with zero attached hydrogens (tertiary/aromatic N) is 2. The number of likely N-dealkylation sites (tertiary alicyclic amines) is 1. The first-order valence-corrected chi connectivity index (χ1v) is 8.15. The Kier molecular flexibility index (Phi) is 6.96. The van der Waals surface area contributed by atoms with Gasteiger partial charge in [0.05, 0.1) is 0 Å². The highest BCUT2D eigenvalue weighted by atomic mass is 16.2. The lowest BCUT2D eigenvalue weighted by molar-refractivity contribution is -0.130. The van der Waals surface area contributed by atoms with Crippen molar-refractivity contribution in [1.82, 2.24) is 9.80 Å². The normalized spacial score (nSPS) is 19.9. The summed E-state index contributed by atoms with van der Waals surface area (Å²) in [5.41, 5.74) is 5.81. The number of amides is 1. The fourth-order valence-electron chi connectivity index (χ4n) is 3.13.